The van der Waals surface area contributed by atoms with Gasteiger partial charge in [0.2, 0.25) is 5.91 Å². The minimum absolute atomic E-state index is 0.120. The zero-order valence-corrected chi connectivity index (χ0v) is 14.3. The van der Waals surface area contributed by atoms with Crippen LogP contribution in [0.4, 0.5) is 5.69 Å². The molecule has 0 spiro atoms. The Labute approximate surface area is 139 Å². The van der Waals surface area contributed by atoms with Crippen LogP contribution in [0.2, 0.25) is 0 Å². The molecule has 0 fully saturated rings. The summed E-state index contributed by atoms with van der Waals surface area (Å²) in [6.07, 6.45) is 1.78. The van der Waals surface area contributed by atoms with Crippen molar-refractivity contribution in [2.24, 2.45) is 0 Å². The second-order valence-corrected chi connectivity index (χ2v) is 6.19. The number of nitrogens with zero attached hydrogens (tertiary/aromatic N) is 3. The summed E-state index contributed by atoms with van der Waals surface area (Å²) in [6, 6.07) is 7.31. The number of rotatable bonds is 7. The van der Waals surface area contributed by atoms with Gasteiger partial charge in [0.15, 0.2) is 5.16 Å². The zero-order valence-electron chi connectivity index (χ0n) is 13.4. The van der Waals surface area contributed by atoms with Gasteiger partial charge in [-0.25, -0.2) is 0 Å². The number of thioether (sulfide) groups is 1. The number of amides is 1. The third-order valence-electron chi connectivity index (χ3n) is 3.23. The third-order valence-corrected chi connectivity index (χ3v) is 4.31. The average Bonchev–Trinajstić information content (AvgIpc) is 2.89. The fourth-order valence-corrected chi connectivity index (χ4v) is 2.89. The Hall–Kier alpha value is -2.28. The standard InChI is InChI=1S/C16H20N4O2S/c1-5-10-20-12(3)18-19-16(20)23-11(2)15(21)17-13-8-6-7-9-14(13)22-4/h5-9,11H,1,10H2,2-4H3,(H,17,21). The summed E-state index contributed by atoms with van der Waals surface area (Å²) in [4.78, 5) is 12.4. The van der Waals surface area contributed by atoms with Gasteiger partial charge in [0.1, 0.15) is 11.6 Å². The van der Waals surface area contributed by atoms with Gasteiger partial charge in [-0.2, -0.15) is 0 Å². The lowest BCUT2D eigenvalue weighted by Gasteiger charge is -2.14. The van der Waals surface area contributed by atoms with Crippen molar-refractivity contribution in [3.05, 3.63) is 42.7 Å². The van der Waals surface area contributed by atoms with Gasteiger partial charge in [-0.05, 0) is 26.0 Å². The highest BCUT2D eigenvalue weighted by atomic mass is 32.2. The molecular formula is C16H20N4O2S. The van der Waals surface area contributed by atoms with Gasteiger partial charge in [-0.15, -0.1) is 16.8 Å². The molecule has 2 rings (SSSR count). The molecule has 0 saturated carbocycles. The zero-order chi connectivity index (χ0) is 16.8. The number of aromatic nitrogens is 3. The molecule has 7 heteroatoms. The van der Waals surface area contributed by atoms with Gasteiger partial charge in [-0.3, -0.25) is 4.79 Å². The second kappa shape index (κ2) is 7.82. The Morgan fingerprint density at radius 2 is 2.22 bits per heavy atom. The molecule has 23 heavy (non-hydrogen) atoms. The molecular weight excluding hydrogens is 312 g/mol. The molecule has 122 valence electrons. The van der Waals surface area contributed by atoms with E-state index in [0.29, 0.717) is 23.1 Å². The summed E-state index contributed by atoms with van der Waals surface area (Å²) in [6.45, 7) is 8.05. The van der Waals surface area contributed by atoms with Crippen LogP contribution in [-0.4, -0.2) is 33.0 Å². The van der Waals surface area contributed by atoms with Gasteiger partial charge in [-0.1, -0.05) is 30.0 Å². The van der Waals surface area contributed by atoms with E-state index in [1.807, 2.05) is 30.5 Å². The minimum atomic E-state index is -0.327. The van der Waals surface area contributed by atoms with Crippen LogP contribution in [-0.2, 0) is 11.3 Å². The van der Waals surface area contributed by atoms with Crippen LogP contribution in [0.15, 0.2) is 42.1 Å². The van der Waals surface area contributed by atoms with Gasteiger partial charge < -0.3 is 14.6 Å². The molecule has 0 bridgehead atoms. The number of allylic oxidation sites excluding steroid dienone is 1. The van der Waals surface area contributed by atoms with Crippen molar-refractivity contribution in [2.75, 3.05) is 12.4 Å². The summed E-state index contributed by atoms with van der Waals surface area (Å²) < 4.78 is 7.16. The molecule has 1 amide bonds. The Balaban J connectivity index is 2.07. The van der Waals surface area contributed by atoms with Crippen LogP contribution in [0.1, 0.15) is 12.7 Å². The number of hydrogen-bond acceptors (Lipinski definition) is 5. The molecule has 1 aromatic heterocycles. The highest BCUT2D eigenvalue weighted by molar-refractivity contribution is 8.00. The molecule has 0 aliphatic carbocycles. The van der Waals surface area contributed by atoms with Crippen LogP contribution < -0.4 is 10.1 Å². The van der Waals surface area contributed by atoms with Crippen molar-refractivity contribution in [1.82, 2.24) is 14.8 Å². The predicted octanol–water partition coefficient (Wildman–Crippen LogP) is 2.90. The lowest BCUT2D eigenvalue weighted by Crippen LogP contribution is -2.23. The lowest BCUT2D eigenvalue weighted by atomic mass is 10.3. The first-order valence-electron chi connectivity index (χ1n) is 7.18. The van der Waals surface area contributed by atoms with E-state index in [0.717, 1.165) is 5.82 Å². The Morgan fingerprint density at radius 3 is 2.91 bits per heavy atom. The molecule has 0 aliphatic rings. The van der Waals surface area contributed by atoms with Crippen molar-refractivity contribution < 1.29 is 9.53 Å². The summed E-state index contributed by atoms with van der Waals surface area (Å²) in [5, 5.41) is 11.4. The van der Waals surface area contributed by atoms with Crippen LogP contribution in [0.3, 0.4) is 0 Å². The predicted molar refractivity (Wildman–Crippen MR) is 91.9 cm³/mol. The SMILES string of the molecule is C=CCn1c(C)nnc1SC(C)C(=O)Nc1ccccc1OC. The van der Waals surface area contributed by atoms with Crippen molar-refractivity contribution in [1.29, 1.82) is 0 Å². The molecule has 6 nitrogen and oxygen atoms in total. The number of nitrogens with one attached hydrogen (secondary N) is 1. The largest absolute Gasteiger partial charge is 0.495 e. The molecule has 2 aromatic rings. The molecule has 1 aromatic carbocycles. The summed E-state index contributed by atoms with van der Waals surface area (Å²) in [5.41, 5.74) is 0.649. The number of benzene rings is 1. The molecule has 1 heterocycles. The number of anilines is 1. The summed E-state index contributed by atoms with van der Waals surface area (Å²) >= 11 is 1.36. The summed E-state index contributed by atoms with van der Waals surface area (Å²) in [7, 11) is 1.57. The number of para-hydroxylation sites is 2. The van der Waals surface area contributed by atoms with Crippen LogP contribution in [0.25, 0.3) is 0 Å². The van der Waals surface area contributed by atoms with Crippen molar-refractivity contribution in [3.8, 4) is 5.75 Å². The lowest BCUT2D eigenvalue weighted by molar-refractivity contribution is -0.115. The maximum atomic E-state index is 12.4. The fourth-order valence-electron chi connectivity index (χ4n) is 1.98. The second-order valence-electron chi connectivity index (χ2n) is 4.88. The third kappa shape index (κ3) is 4.13. The molecule has 1 unspecified atom stereocenters. The van der Waals surface area contributed by atoms with E-state index in [1.165, 1.54) is 11.8 Å². The number of ether oxygens (including phenoxy) is 1. The normalized spacial score (nSPS) is 11.8. The smallest absolute Gasteiger partial charge is 0.237 e. The molecule has 0 aliphatic heterocycles. The first-order chi connectivity index (χ1) is 11.1. The topological polar surface area (TPSA) is 69.0 Å². The number of carbonyl (C=O) groups is 1. The van der Waals surface area contributed by atoms with Crippen LogP contribution in [0, 0.1) is 6.92 Å². The molecule has 0 radical (unpaired) electrons. The highest BCUT2D eigenvalue weighted by Gasteiger charge is 2.19. The maximum Gasteiger partial charge on any atom is 0.237 e. The van der Waals surface area contributed by atoms with Gasteiger partial charge in [0.25, 0.3) is 0 Å². The van der Waals surface area contributed by atoms with E-state index < -0.39 is 0 Å². The first kappa shape index (κ1) is 17.1. The Bertz CT molecular complexity index is 699. The van der Waals surface area contributed by atoms with E-state index in [-0.39, 0.29) is 11.2 Å². The molecule has 1 atom stereocenters. The Morgan fingerprint density at radius 1 is 1.48 bits per heavy atom. The van der Waals surface area contributed by atoms with Crippen molar-refractivity contribution in [3.63, 3.8) is 0 Å². The molecule has 1 N–H and O–H groups in total. The van der Waals surface area contributed by atoms with Crippen LogP contribution in [0.5, 0.6) is 5.75 Å². The Kier molecular flexibility index (Phi) is 5.81. The van der Waals surface area contributed by atoms with E-state index in [9.17, 15) is 4.79 Å². The quantitative estimate of drug-likeness (QED) is 0.624. The minimum Gasteiger partial charge on any atom is -0.495 e. The first-order valence-corrected chi connectivity index (χ1v) is 8.06. The van der Waals surface area contributed by atoms with Crippen molar-refractivity contribution >= 4 is 23.4 Å². The fraction of sp³-hybridized carbons (Fsp3) is 0.312. The maximum absolute atomic E-state index is 12.4. The highest BCUT2D eigenvalue weighted by Crippen LogP contribution is 2.26. The number of aryl methyl sites for hydroxylation is 1. The number of carbonyl (C=O) groups excluding carboxylic acids is 1. The molecule has 0 saturated heterocycles. The number of hydrogen-bond donors (Lipinski definition) is 1. The van der Waals surface area contributed by atoms with Gasteiger partial charge in [0, 0.05) is 6.54 Å². The van der Waals surface area contributed by atoms with E-state index in [2.05, 4.69) is 22.1 Å². The average molecular weight is 332 g/mol. The van der Waals surface area contributed by atoms with Crippen molar-refractivity contribution in [2.45, 2.75) is 30.8 Å². The summed E-state index contributed by atoms with van der Waals surface area (Å²) in [5.74, 6) is 1.30. The monoisotopic (exact) mass is 332 g/mol. The van der Waals surface area contributed by atoms with Crippen LogP contribution >= 0.6 is 11.8 Å². The van der Waals surface area contributed by atoms with Gasteiger partial charge in [0.05, 0.1) is 18.0 Å². The van der Waals surface area contributed by atoms with E-state index >= 15 is 0 Å². The van der Waals surface area contributed by atoms with Gasteiger partial charge >= 0.3 is 0 Å². The van der Waals surface area contributed by atoms with E-state index in [1.54, 1.807) is 25.3 Å². The van der Waals surface area contributed by atoms with E-state index in [4.69, 9.17) is 4.74 Å². The number of methoxy groups -OCH3 is 1.